The molecule has 1 fully saturated rings. The van der Waals surface area contributed by atoms with Crippen LogP contribution in [0.2, 0.25) is 0 Å². The maximum Gasteiger partial charge on any atom is 0.243 e. The van der Waals surface area contributed by atoms with Crippen molar-refractivity contribution in [2.24, 2.45) is 0 Å². The lowest BCUT2D eigenvalue weighted by molar-refractivity contribution is 0.383. The first-order chi connectivity index (χ1) is 11.0. The van der Waals surface area contributed by atoms with Gasteiger partial charge in [0.2, 0.25) is 10.0 Å². The lowest BCUT2D eigenvalue weighted by Gasteiger charge is -2.34. The summed E-state index contributed by atoms with van der Waals surface area (Å²) in [5.41, 5.74) is 0.934. The molecule has 2 aromatic rings. The van der Waals surface area contributed by atoms with Crippen LogP contribution in [0.25, 0.3) is 0 Å². The van der Waals surface area contributed by atoms with Crippen LogP contribution in [0.4, 0.5) is 10.2 Å². The number of hydrogen-bond donors (Lipinski definition) is 0. The Morgan fingerprint density at radius 3 is 2.26 bits per heavy atom. The predicted octanol–water partition coefficient (Wildman–Crippen LogP) is 2.04. The summed E-state index contributed by atoms with van der Waals surface area (Å²) in [7, 11) is -3.57. The van der Waals surface area contributed by atoms with Gasteiger partial charge in [0.05, 0.1) is 4.90 Å². The van der Waals surface area contributed by atoms with E-state index in [9.17, 15) is 12.8 Å². The molecule has 3 rings (SSSR count). The predicted molar refractivity (Wildman–Crippen MR) is 86.3 cm³/mol. The first-order valence-corrected chi connectivity index (χ1v) is 8.85. The summed E-state index contributed by atoms with van der Waals surface area (Å²) in [6.45, 7) is 3.86. The molecule has 1 aliphatic rings. The van der Waals surface area contributed by atoms with Gasteiger partial charge in [0.25, 0.3) is 0 Å². The van der Waals surface area contributed by atoms with Gasteiger partial charge in [-0.15, -0.1) is 0 Å². The Morgan fingerprint density at radius 1 is 1.00 bits per heavy atom. The molecule has 0 N–H and O–H groups in total. The van der Waals surface area contributed by atoms with Gasteiger partial charge >= 0.3 is 0 Å². The minimum absolute atomic E-state index is 0.126. The molecule has 2 heterocycles. The van der Waals surface area contributed by atoms with E-state index < -0.39 is 15.8 Å². The Labute approximate surface area is 135 Å². The van der Waals surface area contributed by atoms with Gasteiger partial charge in [-0.25, -0.2) is 17.8 Å². The van der Waals surface area contributed by atoms with Gasteiger partial charge < -0.3 is 4.90 Å². The van der Waals surface area contributed by atoms with E-state index in [-0.39, 0.29) is 4.90 Å². The van der Waals surface area contributed by atoms with Crippen molar-refractivity contribution in [1.82, 2.24) is 9.29 Å². The van der Waals surface area contributed by atoms with Gasteiger partial charge in [0, 0.05) is 31.9 Å². The second-order valence-corrected chi connectivity index (χ2v) is 7.42. The third-order valence-corrected chi connectivity index (χ3v) is 5.80. The van der Waals surface area contributed by atoms with Gasteiger partial charge in [-0.2, -0.15) is 4.31 Å². The van der Waals surface area contributed by atoms with Gasteiger partial charge in [-0.05, 0) is 43.3 Å². The van der Waals surface area contributed by atoms with E-state index >= 15 is 0 Å². The Kier molecular flexibility index (Phi) is 4.32. The molecule has 0 radical (unpaired) electrons. The summed E-state index contributed by atoms with van der Waals surface area (Å²) in [6.07, 6.45) is 0. The third-order valence-electron chi connectivity index (χ3n) is 3.89. The zero-order chi connectivity index (χ0) is 16.4. The molecule has 0 bridgehead atoms. The van der Waals surface area contributed by atoms with E-state index in [4.69, 9.17) is 0 Å². The maximum absolute atomic E-state index is 13.0. The second-order valence-electron chi connectivity index (χ2n) is 5.48. The SMILES string of the molecule is Cc1cccc(N2CCN(S(=O)(=O)c3ccc(F)cc3)CC2)n1. The molecule has 122 valence electrons. The molecule has 0 saturated carbocycles. The number of benzene rings is 1. The Bertz CT molecular complexity index is 785. The number of halogens is 1. The largest absolute Gasteiger partial charge is 0.354 e. The van der Waals surface area contributed by atoms with Crippen LogP contribution in [-0.2, 0) is 10.0 Å². The minimum Gasteiger partial charge on any atom is -0.354 e. The number of aryl methyl sites for hydroxylation is 1. The third kappa shape index (κ3) is 3.35. The number of nitrogens with zero attached hydrogens (tertiary/aromatic N) is 3. The van der Waals surface area contributed by atoms with E-state index in [1.54, 1.807) is 0 Å². The molecule has 1 aliphatic heterocycles. The molecule has 0 amide bonds. The second kappa shape index (κ2) is 6.25. The van der Waals surface area contributed by atoms with Gasteiger partial charge in [-0.1, -0.05) is 6.07 Å². The average molecular weight is 335 g/mol. The fourth-order valence-electron chi connectivity index (χ4n) is 2.62. The summed E-state index contributed by atoms with van der Waals surface area (Å²) in [4.78, 5) is 6.67. The number of sulfonamides is 1. The molecule has 1 aromatic carbocycles. The highest BCUT2D eigenvalue weighted by atomic mass is 32.2. The summed E-state index contributed by atoms with van der Waals surface area (Å²) in [6, 6.07) is 10.7. The number of rotatable bonds is 3. The molecule has 0 unspecified atom stereocenters. The van der Waals surface area contributed by atoms with E-state index in [0.717, 1.165) is 11.5 Å². The molecule has 7 heteroatoms. The van der Waals surface area contributed by atoms with Gasteiger partial charge in [-0.3, -0.25) is 0 Å². The van der Waals surface area contributed by atoms with Crippen LogP contribution in [0, 0.1) is 12.7 Å². The van der Waals surface area contributed by atoms with Crippen LogP contribution in [-0.4, -0.2) is 43.9 Å². The minimum atomic E-state index is -3.57. The highest BCUT2D eigenvalue weighted by molar-refractivity contribution is 7.89. The van der Waals surface area contributed by atoms with Crippen LogP contribution >= 0.6 is 0 Å². The fraction of sp³-hybridized carbons (Fsp3) is 0.312. The van der Waals surface area contributed by atoms with Gasteiger partial charge in [0.15, 0.2) is 0 Å². The van der Waals surface area contributed by atoms with Crippen molar-refractivity contribution in [3.8, 4) is 0 Å². The van der Waals surface area contributed by atoms with Crippen molar-refractivity contribution in [1.29, 1.82) is 0 Å². The van der Waals surface area contributed by atoms with Crippen molar-refractivity contribution in [3.05, 3.63) is 54.0 Å². The molecule has 0 aliphatic carbocycles. The summed E-state index contributed by atoms with van der Waals surface area (Å²) in [5, 5.41) is 0. The van der Waals surface area contributed by atoms with Crippen LogP contribution < -0.4 is 4.90 Å². The fourth-order valence-corrected chi connectivity index (χ4v) is 4.04. The van der Waals surface area contributed by atoms with Crippen molar-refractivity contribution in [2.45, 2.75) is 11.8 Å². The monoisotopic (exact) mass is 335 g/mol. The lowest BCUT2D eigenvalue weighted by Crippen LogP contribution is -2.48. The Morgan fingerprint density at radius 2 is 1.65 bits per heavy atom. The van der Waals surface area contributed by atoms with Crippen LogP contribution in [0.1, 0.15) is 5.69 Å². The standard InChI is InChI=1S/C16H18FN3O2S/c1-13-3-2-4-16(18-13)19-9-11-20(12-10-19)23(21,22)15-7-5-14(17)6-8-15/h2-8H,9-12H2,1H3. The van der Waals surface area contributed by atoms with E-state index in [2.05, 4.69) is 9.88 Å². The number of aromatic nitrogens is 1. The molecule has 0 spiro atoms. The Hall–Kier alpha value is -1.99. The smallest absolute Gasteiger partial charge is 0.243 e. The van der Waals surface area contributed by atoms with Gasteiger partial charge in [0.1, 0.15) is 11.6 Å². The molecule has 0 atom stereocenters. The van der Waals surface area contributed by atoms with Crippen molar-refractivity contribution < 1.29 is 12.8 Å². The number of pyridine rings is 1. The van der Waals surface area contributed by atoms with Crippen molar-refractivity contribution in [3.63, 3.8) is 0 Å². The van der Waals surface area contributed by atoms with Crippen molar-refractivity contribution >= 4 is 15.8 Å². The molecular weight excluding hydrogens is 317 g/mol. The van der Waals surface area contributed by atoms with Crippen molar-refractivity contribution in [2.75, 3.05) is 31.1 Å². The number of anilines is 1. The zero-order valence-corrected chi connectivity index (χ0v) is 13.6. The van der Waals surface area contributed by atoms with Crippen LogP contribution in [0.5, 0.6) is 0 Å². The zero-order valence-electron chi connectivity index (χ0n) is 12.8. The van der Waals surface area contributed by atoms with E-state index in [1.165, 1.54) is 28.6 Å². The Balaban J connectivity index is 1.72. The topological polar surface area (TPSA) is 53.5 Å². The number of piperazine rings is 1. The summed E-state index contributed by atoms with van der Waals surface area (Å²) < 4.78 is 39.5. The molecule has 1 saturated heterocycles. The lowest BCUT2D eigenvalue weighted by atomic mass is 10.3. The first kappa shape index (κ1) is 15.9. The summed E-state index contributed by atoms with van der Waals surface area (Å²) in [5.74, 6) is 0.420. The average Bonchev–Trinajstić information content (AvgIpc) is 2.55. The first-order valence-electron chi connectivity index (χ1n) is 7.41. The summed E-state index contributed by atoms with van der Waals surface area (Å²) >= 11 is 0. The highest BCUT2D eigenvalue weighted by Crippen LogP contribution is 2.20. The highest BCUT2D eigenvalue weighted by Gasteiger charge is 2.28. The molecular formula is C16H18FN3O2S. The molecule has 5 nitrogen and oxygen atoms in total. The molecule has 23 heavy (non-hydrogen) atoms. The molecule has 1 aromatic heterocycles. The van der Waals surface area contributed by atoms with Crippen LogP contribution in [0.3, 0.4) is 0 Å². The van der Waals surface area contributed by atoms with E-state index in [0.29, 0.717) is 26.2 Å². The number of hydrogen-bond acceptors (Lipinski definition) is 4. The normalized spacial score (nSPS) is 16.5. The van der Waals surface area contributed by atoms with Crippen LogP contribution in [0.15, 0.2) is 47.4 Å². The maximum atomic E-state index is 13.0. The van der Waals surface area contributed by atoms with E-state index in [1.807, 2.05) is 25.1 Å². The quantitative estimate of drug-likeness (QED) is 0.861.